The molecule has 0 bridgehead atoms. The SMILES string of the molecule is CC(C)(C(=O)O)c1occc1Br. The van der Waals surface area contributed by atoms with Crippen molar-refractivity contribution in [1.82, 2.24) is 0 Å². The van der Waals surface area contributed by atoms with E-state index in [9.17, 15) is 4.79 Å². The summed E-state index contributed by atoms with van der Waals surface area (Å²) < 4.78 is 5.75. The first-order valence-corrected chi connectivity index (χ1v) is 4.22. The van der Waals surface area contributed by atoms with Crippen LogP contribution in [0.3, 0.4) is 0 Å². The van der Waals surface area contributed by atoms with Gasteiger partial charge in [-0.05, 0) is 35.8 Å². The van der Waals surface area contributed by atoms with Crippen molar-refractivity contribution in [3.8, 4) is 0 Å². The molecule has 66 valence electrons. The quantitative estimate of drug-likeness (QED) is 0.853. The lowest BCUT2D eigenvalue weighted by atomic mass is 9.91. The fraction of sp³-hybridized carbons (Fsp3) is 0.375. The van der Waals surface area contributed by atoms with Crippen molar-refractivity contribution < 1.29 is 14.3 Å². The summed E-state index contributed by atoms with van der Waals surface area (Å²) in [6, 6.07) is 1.68. The van der Waals surface area contributed by atoms with E-state index >= 15 is 0 Å². The number of carboxylic acids is 1. The molecule has 4 heteroatoms. The summed E-state index contributed by atoms with van der Waals surface area (Å²) in [5.74, 6) is -0.465. The number of hydrogen-bond donors (Lipinski definition) is 1. The predicted octanol–water partition coefficient (Wildman–Crippen LogP) is 2.40. The van der Waals surface area contributed by atoms with Gasteiger partial charge in [0, 0.05) is 0 Å². The van der Waals surface area contributed by atoms with Gasteiger partial charge in [0.2, 0.25) is 0 Å². The fourth-order valence-corrected chi connectivity index (χ4v) is 1.53. The van der Waals surface area contributed by atoms with E-state index in [1.54, 1.807) is 19.9 Å². The van der Waals surface area contributed by atoms with E-state index in [0.29, 0.717) is 10.2 Å². The van der Waals surface area contributed by atoms with Gasteiger partial charge in [0.15, 0.2) is 0 Å². The summed E-state index contributed by atoms with van der Waals surface area (Å²) in [6.45, 7) is 3.19. The number of carboxylic acid groups (broad SMARTS) is 1. The molecule has 0 fully saturated rings. The van der Waals surface area contributed by atoms with E-state index in [2.05, 4.69) is 15.9 Å². The molecule has 0 radical (unpaired) electrons. The Hall–Kier alpha value is -0.770. The molecule has 0 aliphatic rings. The number of hydrogen-bond acceptors (Lipinski definition) is 2. The van der Waals surface area contributed by atoms with Gasteiger partial charge in [0.05, 0.1) is 10.7 Å². The average molecular weight is 233 g/mol. The van der Waals surface area contributed by atoms with Crippen LogP contribution in [0.25, 0.3) is 0 Å². The van der Waals surface area contributed by atoms with E-state index in [0.717, 1.165) is 0 Å². The second kappa shape index (κ2) is 2.94. The van der Waals surface area contributed by atoms with Gasteiger partial charge in [0.1, 0.15) is 11.2 Å². The Kier molecular flexibility index (Phi) is 2.28. The van der Waals surface area contributed by atoms with Crippen LogP contribution in [-0.4, -0.2) is 11.1 Å². The highest BCUT2D eigenvalue weighted by Gasteiger charge is 2.34. The Morgan fingerprint density at radius 2 is 2.25 bits per heavy atom. The van der Waals surface area contributed by atoms with Crippen LogP contribution in [0.1, 0.15) is 19.6 Å². The molecule has 0 amide bonds. The molecule has 0 saturated carbocycles. The molecule has 0 atom stereocenters. The first kappa shape index (κ1) is 9.32. The van der Waals surface area contributed by atoms with Crippen molar-refractivity contribution in [3.05, 3.63) is 22.6 Å². The smallest absolute Gasteiger partial charge is 0.316 e. The molecule has 0 saturated heterocycles. The third-order valence-corrected chi connectivity index (χ3v) is 2.34. The lowest BCUT2D eigenvalue weighted by Gasteiger charge is -2.16. The van der Waals surface area contributed by atoms with Crippen molar-refractivity contribution in [2.45, 2.75) is 19.3 Å². The van der Waals surface area contributed by atoms with Crippen LogP contribution in [-0.2, 0) is 10.2 Å². The van der Waals surface area contributed by atoms with Crippen LogP contribution in [0.5, 0.6) is 0 Å². The summed E-state index contributed by atoms with van der Waals surface area (Å²) in [4.78, 5) is 10.8. The van der Waals surface area contributed by atoms with Crippen LogP contribution in [0, 0.1) is 0 Å². The highest BCUT2D eigenvalue weighted by Crippen LogP contribution is 2.30. The van der Waals surface area contributed by atoms with Gasteiger partial charge in [-0.15, -0.1) is 0 Å². The Bertz CT molecular complexity index is 301. The number of halogens is 1. The zero-order valence-corrected chi connectivity index (χ0v) is 8.38. The number of carbonyl (C=O) groups is 1. The maximum atomic E-state index is 10.8. The van der Waals surface area contributed by atoms with Gasteiger partial charge in [-0.2, -0.15) is 0 Å². The van der Waals surface area contributed by atoms with Gasteiger partial charge < -0.3 is 9.52 Å². The lowest BCUT2D eigenvalue weighted by molar-refractivity contribution is -0.143. The van der Waals surface area contributed by atoms with Crippen molar-refractivity contribution in [1.29, 1.82) is 0 Å². The zero-order valence-electron chi connectivity index (χ0n) is 6.80. The Labute approximate surface area is 78.5 Å². The van der Waals surface area contributed by atoms with Crippen LogP contribution in [0.2, 0.25) is 0 Å². The molecule has 1 rings (SSSR count). The molecule has 12 heavy (non-hydrogen) atoms. The maximum absolute atomic E-state index is 10.8. The largest absolute Gasteiger partial charge is 0.481 e. The predicted molar refractivity (Wildman–Crippen MR) is 47.1 cm³/mol. The molecule has 1 aromatic heterocycles. The van der Waals surface area contributed by atoms with Crippen LogP contribution < -0.4 is 0 Å². The molecule has 1 aromatic rings. The minimum atomic E-state index is -0.984. The molecule has 1 N–H and O–H groups in total. The van der Waals surface area contributed by atoms with Crippen molar-refractivity contribution in [2.24, 2.45) is 0 Å². The average Bonchev–Trinajstić information content (AvgIpc) is 2.35. The monoisotopic (exact) mass is 232 g/mol. The molecular formula is C8H9BrO3. The van der Waals surface area contributed by atoms with Gasteiger partial charge >= 0.3 is 5.97 Å². The Morgan fingerprint density at radius 1 is 1.67 bits per heavy atom. The standard InChI is InChI=1S/C8H9BrO3/c1-8(2,7(10)11)6-5(9)3-4-12-6/h3-4H,1-2H3,(H,10,11). The van der Waals surface area contributed by atoms with Crippen LogP contribution >= 0.6 is 15.9 Å². The van der Waals surface area contributed by atoms with Crippen molar-refractivity contribution >= 4 is 21.9 Å². The van der Waals surface area contributed by atoms with Crippen LogP contribution in [0.4, 0.5) is 0 Å². The second-order valence-corrected chi connectivity index (χ2v) is 3.88. The molecule has 0 spiro atoms. The summed E-state index contributed by atoms with van der Waals surface area (Å²) >= 11 is 3.21. The first-order valence-electron chi connectivity index (χ1n) is 3.43. The molecule has 0 unspecified atom stereocenters. The Balaban J connectivity index is 3.13. The lowest BCUT2D eigenvalue weighted by Crippen LogP contribution is -2.28. The van der Waals surface area contributed by atoms with Crippen LogP contribution in [0.15, 0.2) is 21.2 Å². The molecule has 0 aliphatic carbocycles. The van der Waals surface area contributed by atoms with Crippen molar-refractivity contribution in [2.75, 3.05) is 0 Å². The van der Waals surface area contributed by atoms with Gasteiger partial charge in [-0.1, -0.05) is 0 Å². The summed E-state index contributed by atoms with van der Waals surface area (Å²) in [5.41, 5.74) is -0.984. The highest BCUT2D eigenvalue weighted by atomic mass is 79.9. The fourth-order valence-electron chi connectivity index (χ4n) is 0.837. The molecular weight excluding hydrogens is 224 g/mol. The van der Waals surface area contributed by atoms with E-state index in [1.165, 1.54) is 6.26 Å². The van der Waals surface area contributed by atoms with Crippen molar-refractivity contribution in [3.63, 3.8) is 0 Å². The van der Waals surface area contributed by atoms with Gasteiger partial charge in [-0.3, -0.25) is 4.79 Å². The minimum absolute atomic E-state index is 0.440. The summed E-state index contributed by atoms with van der Waals surface area (Å²) in [5, 5.41) is 8.86. The van der Waals surface area contributed by atoms with Gasteiger partial charge in [0.25, 0.3) is 0 Å². The van der Waals surface area contributed by atoms with E-state index in [4.69, 9.17) is 9.52 Å². The topological polar surface area (TPSA) is 50.4 Å². The third kappa shape index (κ3) is 1.39. The van der Waals surface area contributed by atoms with Gasteiger partial charge in [-0.25, -0.2) is 0 Å². The highest BCUT2D eigenvalue weighted by molar-refractivity contribution is 9.10. The molecule has 1 heterocycles. The Morgan fingerprint density at radius 3 is 2.58 bits per heavy atom. The number of furan rings is 1. The normalized spacial score (nSPS) is 11.6. The second-order valence-electron chi connectivity index (χ2n) is 3.03. The van der Waals surface area contributed by atoms with E-state index in [-0.39, 0.29) is 0 Å². The number of rotatable bonds is 2. The maximum Gasteiger partial charge on any atom is 0.316 e. The third-order valence-electron chi connectivity index (χ3n) is 1.72. The molecule has 0 aromatic carbocycles. The minimum Gasteiger partial charge on any atom is -0.481 e. The number of aliphatic carboxylic acids is 1. The molecule has 3 nitrogen and oxygen atoms in total. The zero-order chi connectivity index (χ0) is 9.35. The molecule has 0 aliphatic heterocycles. The van der Waals surface area contributed by atoms with E-state index in [1.807, 2.05) is 0 Å². The summed E-state index contributed by atoms with van der Waals surface area (Å²) in [7, 11) is 0. The summed E-state index contributed by atoms with van der Waals surface area (Å²) in [6.07, 6.45) is 1.46. The first-order chi connectivity index (χ1) is 5.46. The van der Waals surface area contributed by atoms with E-state index < -0.39 is 11.4 Å².